The van der Waals surface area contributed by atoms with Crippen LogP contribution in [0, 0.1) is 0 Å². The molecule has 1 aliphatic rings. The number of rotatable bonds is 7. The van der Waals surface area contributed by atoms with E-state index in [9.17, 15) is 14.7 Å². The predicted octanol–water partition coefficient (Wildman–Crippen LogP) is 3.08. The maximum absolute atomic E-state index is 12.1. The Bertz CT molecular complexity index is 766. The first kappa shape index (κ1) is 17.6. The van der Waals surface area contributed by atoms with Crippen molar-refractivity contribution >= 4 is 34.4 Å². The Labute approximate surface area is 150 Å². The molecule has 2 aromatic rings. The van der Waals surface area contributed by atoms with Gasteiger partial charge in [-0.2, -0.15) is 11.8 Å². The number of fused-ring (bicyclic) bond motifs is 1. The number of ether oxygens (including phenoxy) is 1. The topological polar surface area (TPSA) is 75.6 Å². The van der Waals surface area contributed by atoms with Gasteiger partial charge in [-0.25, -0.2) is 4.79 Å². The average molecular weight is 359 g/mol. The number of hydrogen-bond donors (Lipinski definition) is 2. The Morgan fingerprint density at radius 3 is 2.76 bits per heavy atom. The third-order valence-electron chi connectivity index (χ3n) is 4.37. The summed E-state index contributed by atoms with van der Waals surface area (Å²) in [5.74, 6) is 0.814. The van der Waals surface area contributed by atoms with Crippen LogP contribution in [0.2, 0.25) is 0 Å². The van der Waals surface area contributed by atoms with Crippen LogP contribution < -0.4 is 10.1 Å². The highest BCUT2D eigenvalue weighted by Gasteiger charge is 2.43. The van der Waals surface area contributed by atoms with Crippen molar-refractivity contribution in [3.8, 4) is 5.75 Å². The number of carboxylic acid groups (broad SMARTS) is 1. The lowest BCUT2D eigenvalue weighted by Gasteiger charge is -2.24. The molecule has 6 heteroatoms. The monoisotopic (exact) mass is 359 g/mol. The fourth-order valence-electron chi connectivity index (χ4n) is 2.95. The van der Waals surface area contributed by atoms with Gasteiger partial charge in [0.15, 0.2) is 0 Å². The van der Waals surface area contributed by atoms with E-state index < -0.39 is 11.5 Å². The molecule has 0 saturated carbocycles. The smallest absolute Gasteiger partial charge is 0.330 e. The first-order chi connectivity index (χ1) is 12.1. The van der Waals surface area contributed by atoms with Gasteiger partial charge in [-0.3, -0.25) is 4.79 Å². The van der Waals surface area contributed by atoms with Crippen molar-refractivity contribution < 1.29 is 19.4 Å². The summed E-state index contributed by atoms with van der Waals surface area (Å²) in [4.78, 5) is 23.5. The van der Waals surface area contributed by atoms with Gasteiger partial charge in [-0.05, 0) is 30.0 Å². The highest BCUT2D eigenvalue weighted by atomic mass is 32.2. The minimum Gasteiger partial charge on any atom is -0.493 e. The summed E-state index contributed by atoms with van der Waals surface area (Å²) in [5.41, 5.74) is -1.10. The van der Waals surface area contributed by atoms with E-state index in [1.165, 1.54) is 0 Å². The predicted molar refractivity (Wildman–Crippen MR) is 99.1 cm³/mol. The molecule has 0 spiro atoms. The SMILES string of the molecule is O=C(CCCOc1cccc2ccccc12)NC1(C(=O)O)CCSC1. The zero-order chi connectivity index (χ0) is 17.7. The number of benzene rings is 2. The molecule has 1 unspecified atom stereocenters. The van der Waals surface area contributed by atoms with E-state index in [0.717, 1.165) is 22.3 Å². The van der Waals surface area contributed by atoms with Crippen LogP contribution in [-0.2, 0) is 9.59 Å². The minimum absolute atomic E-state index is 0.230. The van der Waals surface area contributed by atoms with Gasteiger partial charge >= 0.3 is 5.97 Å². The van der Waals surface area contributed by atoms with Crippen molar-refractivity contribution in [2.45, 2.75) is 24.8 Å². The summed E-state index contributed by atoms with van der Waals surface area (Å²) in [6.45, 7) is 0.413. The van der Waals surface area contributed by atoms with Gasteiger partial charge < -0.3 is 15.2 Å². The largest absolute Gasteiger partial charge is 0.493 e. The molecule has 1 amide bonds. The number of hydrogen-bond acceptors (Lipinski definition) is 4. The fraction of sp³-hybridized carbons (Fsp3) is 0.368. The summed E-state index contributed by atoms with van der Waals surface area (Å²) >= 11 is 1.56. The maximum Gasteiger partial charge on any atom is 0.330 e. The Morgan fingerprint density at radius 2 is 2.00 bits per heavy atom. The molecular formula is C19H21NO4S. The van der Waals surface area contributed by atoms with Crippen LogP contribution in [0.4, 0.5) is 0 Å². The van der Waals surface area contributed by atoms with Crippen molar-refractivity contribution in [2.75, 3.05) is 18.1 Å². The lowest BCUT2D eigenvalue weighted by Crippen LogP contribution is -2.54. The minimum atomic E-state index is -1.10. The zero-order valence-electron chi connectivity index (χ0n) is 13.9. The molecule has 132 valence electrons. The molecule has 1 saturated heterocycles. The first-order valence-corrected chi connectivity index (χ1v) is 9.49. The Balaban J connectivity index is 1.49. The third kappa shape index (κ3) is 4.07. The molecule has 0 bridgehead atoms. The second-order valence-electron chi connectivity index (χ2n) is 6.17. The number of thioether (sulfide) groups is 1. The van der Waals surface area contributed by atoms with Gasteiger partial charge in [0, 0.05) is 17.6 Å². The summed E-state index contributed by atoms with van der Waals surface area (Å²) in [6.07, 6.45) is 1.27. The van der Waals surface area contributed by atoms with Crippen LogP contribution in [0.15, 0.2) is 42.5 Å². The van der Waals surface area contributed by atoms with E-state index in [2.05, 4.69) is 5.32 Å². The normalized spacial score (nSPS) is 19.7. The molecule has 1 aliphatic heterocycles. The molecule has 2 N–H and O–H groups in total. The van der Waals surface area contributed by atoms with Gasteiger partial charge in [-0.15, -0.1) is 0 Å². The van der Waals surface area contributed by atoms with Crippen LogP contribution in [0.3, 0.4) is 0 Å². The van der Waals surface area contributed by atoms with E-state index in [0.29, 0.717) is 25.2 Å². The number of carboxylic acids is 1. The Hall–Kier alpha value is -2.21. The lowest BCUT2D eigenvalue weighted by atomic mass is 9.99. The Kier molecular flexibility index (Phi) is 5.48. The second-order valence-corrected chi connectivity index (χ2v) is 7.27. The second kappa shape index (κ2) is 7.78. The highest BCUT2D eigenvalue weighted by molar-refractivity contribution is 7.99. The van der Waals surface area contributed by atoms with Crippen molar-refractivity contribution in [3.63, 3.8) is 0 Å². The van der Waals surface area contributed by atoms with Crippen LogP contribution in [0.1, 0.15) is 19.3 Å². The number of carbonyl (C=O) groups excluding carboxylic acids is 1. The summed E-state index contributed by atoms with van der Waals surface area (Å²) in [7, 11) is 0. The molecule has 1 heterocycles. The summed E-state index contributed by atoms with van der Waals surface area (Å²) in [6, 6.07) is 13.9. The molecule has 2 aromatic carbocycles. The molecule has 1 fully saturated rings. The molecule has 0 aromatic heterocycles. The van der Waals surface area contributed by atoms with Gasteiger partial charge in [0.25, 0.3) is 0 Å². The van der Waals surface area contributed by atoms with E-state index in [1.807, 2.05) is 42.5 Å². The Morgan fingerprint density at radius 1 is 1.20 bits per heavy atom. The maximum atomic E-state index is 12.1. The first-order valence-electron chi connectivity index (χ1n) is 8.33. The van der Waals surface area contributed by atoms with Crippen molar-refractivity contribution in [1.82, 2.24) is 5.32 Å². The van der Waals surface area contributed by atoms with E-state index >= 15 is 0 Å². The van der Waals surface area contributed by atoms with E-state index in [-0.39, 0.29) is 12.3 Å². The average Bonchev–Trinajstić information content (AvgIpc) is 3.08. The molecule has 1 atom stereocenters. The van der Waals surface area contributed by atoms with Gasteiger partial charge in [0.1, 0.15) is 11.3 Å². The van der Waals surface area contributed by atoms with Gasteiger partial charge in [0.05, 0.1) is 6.61 Å². The number of aliphatic carboxylic acids is 1. The number of nitrogens with one attached hydrogen (secondary N) is 1. The summed E-state index contributed by atoms with van der Waals surface area (Å²) in [5, 5.41) is 14.2. The third-order valence-corrected chi connectivity index (χ3v) is 5.55. The fourth-order valence-corrected chi connectivity index (χ4v) is 4.28. The highest BCUT2D eigenvalue weighted by Crippen LogP contribution is 2.28. The molecule has 5 nitrogen and oxygen atoms in total. The molecule has 25 heavy (non-hydrogen) atoms. The van der Waals surface area contributed by atoms with Crippen LogP contribution >= 0.6 is 11.8 Å². The van der Waals surface area contributed by atoms with Gasteiger partial charge in [-0.1, -0.05) is 36.4 Å². The van der Waals surface area contributed by atoms with Crippen molar-refractivity contribution in [2.24, 2.45) is 0 Å². The zero-order valence-corrected chi connectivity index (χ0v) is 14.7. The van der Waals surface area contributed by atoms with Gasteiger partial charge in [0.2, 0.25) is 5.91 Å². The lowest BCUT2D eigenvalue weighted by molar-refractivity contribution is -0.146. The van der Waals surface area contributed by atoms with E-state index in [4.69, 9.17) is 4.74 Å². The standard InChI is InChI=1S/C19H21NO4S/c21-17(20-19(18(22)23)10-12-25-13-19)9-4-11-24-16-8-3-6-14-5-1-2-7-15(14)16/h1-3,5-8H,4,9-13H2,(H,20,21)(H,22,23). The molecule has 0 radical (unpaired) electrons. The number of carbonyl (C=O) groups is 2. The number of amides is 1. The van der Waals surface area contributed by atoms with Crippen molar-refractivity contribution in [1.29, 1.82) is 0 Å². The summed E-state index contributed by atoms with van der Waals surface area (Å²) < 4.78 is 5.81. The van der Waals surface area contributed by atoms with Crippen LogP contribution in [-0.4, -0.2) is 40.6 Å². The van der Waals surface area contributed by atoms with Crippen LogP contribution in [0.5, 0.6) is 5.75 Å². The quantitative estimate of drug-likeness (QED) is 0.743. The molecule has 0 aliphatic carbocycles. The van der Waals surface area contributed by atoms with Crippen LogP contribution in [0.25, 0.3) is 10.8 Å². The molecular weight excluding hydrogens is 338 g/mol. The van der Waals surface area contributed by atoms with Crippen molar-refractivity contribution in [3.05, 3.63) is 42.5 Å². The molecule has 3 rings (SSSR count). The van der Waals surface area contributed by atoms with E-state index in [1.54, 1.807) is 11.8 Å².